The monoisotopic (exact) mass is 404 g/mol. The van der Waals surface area contributed by atoms with Crippen LogP contribution in [0.3, 0.4) is 0 Å². The molecule has 4 nitrogen and oxygen atoms in total. The van der Waals surface area contributed by atoms with Crippen molar-refractivity contribution in [2.45, 2.75) is 45.1 Å². The zero-order chi connectivity index (χ0) is 20.2. The van der Waals surface area contributed by atoms with Gasteiger partial charge in [0.2, 0.25) is 5.91 Å². The molecule has 148 valence electrons. The lowest BCUT2D eigenvalue weighted by Gasteiger charge is -2.13. The molecule has 0 fully saturated rings. The van der Waals surface area contributed by atoms with E-state index in [-0.39, 0.29) is 11.9 Å². The van der Waals surface area contributed by atoms with Gasteiger partial charge in [-0.1, -0.05) is 42.5 Å². The van der Waals surface area contributed by atoms with Gasteiger partial charge in [-0.2, -0.15) is 5.26 Å². The number of thiophene rings is 1. The van der Waals surface area contributed by atoms with E-state index in [0.717, 1.165) is 29.8 Å². The summed E-state index contributed by atoms with van der Waals surface area (Å²) in [5.74, 6) is -0.0125. The molecular formula is C24H26N3OS+. The number of nitrogens with one attached hydrogen (secondary N) is 1. The van der Waals surface area contributed by atoms with Crippen molar-refractivity contribution in [3.8, 4) is 6.07 Å². The van der Waals surface area contributed by atoms with Crippen LogP contribution in [0.1, 0.15) is 53.8 Å². The molecule has 29 heavy (non-hydrogen) atoms. The minimum Gasteiger partial charge on any atom is -0.340 e. The van der Waals surface area contributed by atoms with Crippen LogP contribution in [-0.2, 0) is 17.6 Å². The quantitative estimate of drug-likeness (QED) is 0.643. The number of nitrogens with two attached hydrogens (primary N) is 1. The average molecular weight is 405 g/mol. The Hall–Kier alpha value is -2.68. The van der Waals surface area contributed by atoms with Crippen molar-refractivity contribution >= 4 is 33.0 Å². The molecule has 0 unspecified atom stereocenters. The molecule has 1 atom stereocenters. The van der Waals surface area contributed by atoms with Crippen LogP contribution in [0.25, 0.3) is 10.8 Å². The molecule has 0 spiro atoms. The minimum absolute atomic E-state index is 0.0125. The Labute approximate surface area is 175 Å². The SMILES string of the molecule is C[C@H]([NH2+]CCC(=O)Nc1sc2c(c1C#N)CCCC2)c1cccc2ccccc12. The summed E-state index contributed by atoms with van der Waals surface area (Å²) in [7, 11) is 0. The lowest BCUT2D eigenvalue weighted by molar-refractivity contribution is -0.691. The fraction of sp³-hybridized carbons (Fsp3) is 0.333. The second kappa shape index (κ2) is 8.77. The van der Waals surface area contributed by atoms with Crippen LogP contribution < -0.4 is 10.6 Å². The van der Waals surface area contributed by atoms with E-state index in [1.54, 1.807) is 11.3 Å². The highest BCUT2D eigenvalue weighted by Gasteiger charge is 2.22. The van der Waals surface area contributed by atoms with Gasteiger partial charge in [0.25, 0.3) is 0 Å². The molecule has 1 aromatic heterocycles. The maximum Gasteiger partial charge on any atom is 0.230 e. The van der Waals surface area contributed by atoms with Gasteiger partial charge in [0.05, 0.1) is 18.5 Å². The van der Waals surface area contributed by atoms with E-state index in [1.807, 2.05) is 0 Å². The van der Waals surface area contributed by atoms with E-state index < -0.39 is 0 Å². The Morgan fingerprint density at radius 2 is 2.00 bits per heavy atom. The number of anilines is 1. The number of carbonyl (C=O) groups excluding carboxylic acids is 1. The standard InChI is InChI=1S/C24H25N3OS/c1-16(18-11-6-8-17-7-2-3-9-19(17)18)26-14-13-23(28)27-24-21(15-25)20-10-4-5-12-22(20)29-24/h2-3,6-9,11,16,26H,4-5,10,12-14H2,1H3,(H,27,28)/p+1/t16-/m0/s1. The molecular weight excluding hydrogens is 378 g/mol. The van der Waals surface area contributed by atoms with Crippen LogP contribution in [0.5, 0.6) is 0 Å². The van der Waals surface area contributed by atoms with Crippen LogP contribution in [0.4, 0.5) is 5.00 Å². The van der Waals surface area contributed by atoms with E-state index in [2.05, 4.69) is 66.1 Å². The summed E-state index contributed by atoms with van der Waals surface area (Å²) in [6.07, 6.45) is 4.73. The summed E-state index contributed by atoms with van der Waals surface area (Å²) in [4.78, 5) is 13.8. The Morgan fingerprint density at radius 1 is 1.21 bits per heavy atom. The van der Waals surface area contributed by atoms with E-state index in [9.17, 15) is 10.1 Å². The number of carbonyl (C=O) groups is 1. The first-order valence-corrected chi connectivity index (χ1v) is 11.1. The van der Waals surface area contributed by atoms with Crippen molar-refractivity contribution < 1.29 is 10.1 Å². The number of aryl methyl sites for hydroxylation is 1. The summed E-state index contributed by atoms with van der Waals surface area (Å²) in [6, 6.07) is 17.4. The van der Waals surface area contributed by atoms with Crippen molar-refractivity contribution in [1.82, 2.24) is 0 Å². The van der Waals surface area contributed by atoms with E-state index in [4.69, 9.17) is 0 Å². The third kappa shape index (κ3) is 4.19. The first-order valence-electron chi connectivity index (χ1n) is 10.3. The smallest absolute Gasteiger partial charge is 0.230 e. The third-order valence-electron chi connectivity index (χ3n) is 5.74. The fourth-order valence-electron chi connectivity index (χ4n) is 4.20. The van der Waals surface area contributed by atoms with Gasteiger partial charge in [0, 0.05) is 10.4 Å². The highest BCUT2D eigenvalue weighted by molar-refractivity contribution is 7.16. The van der Waals surface area contributed by atoms with Gasteiger partial charge in [0.15, 0.2) is 0 Å². The van der Waals surface area contributed by atoms with Crippen LogP contribution >= 0.6 is 11.3 Å². The second-order valence-corrected chi connectivity index (χ2v) is 8.81. The molecule has 1 heterocycles. The molecule has 0 aliphatic heterocycles. The van der Waals surface area contributed by atoms with Crippen LogP contribution in [-0.4, -0.2) is 12.5 Å². The molecule has 3 N–H and O–H groups in total. The molecule has 1 aliphatic carbocycles. The summed E-state index contributed by atoms with van der Waals surface area (Å²) in [6.45, 7) is 2.89. The fourth-order valence-corrected chi connectivity index (χ4v) is 5.46. The third-order valence-corrected chi connectivity index (χ3v) is 6.95. The minimum atomic E-state index is -0.0125. The van der Waals surface area contributed by atoms with Crippen molar-refractivity contribution in [2.75, 3.05) is 11.9 Å². The van der Waals surface area contributed by atoms with Gasteiger partial charge in [-0.15, -0.1) is 11.3 Å². The van der Waals surface area contributed by atoms with E-state index >= 15 is 0 Å². The molecule has 3 aromatic rings. The second-order valence-electron chi connectivity index (χ2n) is 7.71. The molecule has 0 saturated heterocycles. The topological polar surface area (TPSA) is 69.5 Å². The van der Waals surface area contributed by atoms with Gasteiger partial charge in [0.1, 0.15) is 17.1 Å². The van der Waals surface area contributed by atoms with E-state index in [0.29, 0.717) is 18.5 Å². The van der Waals surface area contributed by atoms with Crippen LogP contribution in [0.15, 0.2) is 42.5 Å². The first-order chi connectivity index (χ1) is 14.2. The normalized spacial score (nSPS) is 14.2. The number of nitriles is 1. The summed E-state index contributed by atoms with van der Waals surface area (Å²) in [5, 5.41) is 18.0. The van der Waals surface area contributed by atoms with Crippen LogP contribution in [0.2, 0.25) is 0 Å². The lowest BCUT2D eigenvalue weighted by Crippen LogP contribution is -2.85. The summed E-state index contributed by atoms with van der Waals surface area (Å²) < 4.78 is 0. The Morgan fingerprint density at radius 3 is 2.86 bits per heavy atom. The Balaban J connectivity index is 1.36. The first kappa shape index (κ1) is 19.6. The zero-order valence-corrected chi connectivity index (χ0v) is 17.5. The number of hydrogen-bond acceptors (Lipinski definition) is 3. The molecule has 5 heteroatoms. The molecule has 2 aromatic carbocycles. The molecule has 0 saturated carbocycles. The van der Waals surface area contributed by atoms with Gasteiger partial charge < -0.3 is 10.6 Å². The van der Waals surface area contributed by atoms with Gasteiger partial charge >= 0.3 is 0 Å². The summed E-state index contributed by atoms with van der Waals surface area (Å²) in [5.41, 5.74) is 3.14. The van der Waals surface area contributed by atoms with Gasteiger partial charge in [-0.3, -0.25) is 4.79 Å². The molecule has 0 bridgehead atoms. The highest BCUT2D eigenvalue weighted by atomic mass is 32.1. The predicted molar refractivity (Wildman–Crippen MR) is 118 cm³/mol. The highest BCUT2D eigenvalue weighted by Crippen LogP contribution is 2.37. The zero-order valence-electron chi connectivity index (χ0n) is 16.7. The van der Waals surface area contributed by atoms with Crippen molar-refractivity contribution in [1.29, 1.82) is 5.26 Å². The number of hydrogen-bond donors (Lipinski definition) is 2. The van der Waals surface area contributed by atoms with Crippen molar-refractivity contribution in [2.24, 2.45) is 0 Å². The summed E-state index contributed by atoms with van der Waals surface area (Å²) >= 11 is 1.59. The maximum atomic E-state index is 12.5. The average Bonchev–Trinajstić information content (AvgIpc) is 3.10. The van der Waals surface area contributed by atoms with Crippen molar-refractivity contribution in [3.63, 3.8) is 0 Å². The Kier molecular flexibility index (Phi) is 5.94. The van der Waals surface area contributed by atoms with Gasteiger partial charge in [-0.25, -0.2) is 0 Å². The van der Waals surface area contributed by atoms with Gasteiger partial charge in [-0.05, 0) is 48.9 Å². The Bertz CT molecular complexity index is 1070. The lowest BCUT2D eigenvalue weighted by atomic mass is 9.96. The maximum absolute atomic E-state index is 12.5. The number of benzene rings is 2. The molecule has 0 radical (unpaired) electrons. The largest absolute Gasteiger partial charge is 0.340 e. The number of rotatable bonds is 6. The molecule has 4 rings (SSSR count). The number of quaternary nitrogens is 1. The number of nitrogens with zero attached hydrogens (tertiary/aromatic N) is 1. The van der Waals surface area contributed by atoms with E-state index in [1.165, 1.54) is 27.6 Å². The number of amides is 1. The number of fused-ring (bicyclic) bond motifs is 2. The molecule has 1 aliphatic rings. The van der Waals surface area contributed by atoms with Crippen LogP contribution in [0, 0.1) is 11.3 Å². The molecule has 1 amide bonds. The van der Waals surface area contributed by atoms with Crippen molar-refractivity contribution in [3.05, 3.63) is 64.0 Å². The predicted octanol–water partition coefficient (Wildman–Crippen LogP) is 4.30.